The van der Waals surface area contributed by atoms with Crippen molar-refractivity contribution in [1.29, 1.82) is 0 Å². The third-order valence-corrected chi connectivity index (χ3v) is 2.32. The highest BCUT2D eigenvalue weighted by Gasteiger charge is 2.20. The van der Waals surface area contributed by atoms with Crippen molar-refractivity contribution in [2.75, 3.05) is 39.4 Å². The quantitative estimate of drug-likeness (QED) is 0.492. The lowest BCUT2D eigenvalue weighted by Crippen LogP contribution is -2.52. The second-order valence-electron chi connectivity index (χ2n) is 3.13. The average molecular weight is 174 g/mol. The van der Waals surface area contributed by atoms with Gasteiger partial charge in [-0.05, 0) is 6.42 Å². The fraction of sp³-hybridized carbons (Fsp3) is 1.00. The third-order valence-electron chi connectivity index (χ3n) is 2.32. The number of hydrogen-bond donors (Lipinski definition) is 3. The molecule has 1 saturated heterocycles. The molecule has 0 radical (unpaired) electrons. The number of aliphatic hydroxyl groups is 2. The van der Waals surface area contributed by atoms with Gasteiger partial charge in [0.15, 0.2) is 0 Å². The molecule has 0 amide bonds. The highest BCUT2D eigenvalue weighted by atomic mass is 16.3. The molecule has 4 nitrogen and oxygen atoms in total. The first kappa shape index (κ1) is 9.92. The predicted octanol–water partition coefficient (Wildman–Crippen LogP) is -1.37. The lowest BCUT2D eigenvalue weighted by molar-refractivity contribution is 0.106. The maximum atomic E-state index is 8.79. The topological polar surface area (TPSA) is 55.7 Å². The van der Waals surface area contributed by atoms with E-state index < -0.39 is 0 Å². The second-order valence-corrected chi connectivity index (χ2v) is 3.13. The van der Waals surface area contributed by atoms with Crippen LogP contribution in [0.25, 0.3) is 0 Å². The van der Waals surface area contributed by atoms with Gasteiger partial charge in [-0.15, -0.1) is 0 Å². The first-order valence-corrected chi connectivity index (χ1v) is 4.55. The summed E-state index contributed by atoms with van der Waals surface area (Å²) < 4.78 is 0. The molecule has 0 aromatic carbocycles. The third kappa shape index (κ3) is 2.71. The van der Waals surface area contributed by atoms with Crippen LogP contribution in [0.2, 0.25) is 0 Å². The van der Waals surface area contributed by atoms with Gasteiger partial charge < -0.3 is 15.5 Å². The number of aliphatic hydroxyl groups excluding tert-OH is 2. The number of rotatable bonds is 4. The molecule has 1 rings (SSSR count). The number of β-amino-alcohol motifs (C(OH)–C–C–N with tert-alkyl or cyclic N) is 1. The summed E-state index contributed by atoms with van der Waals surface area (Å²) in [6.07, 6.45) is 0.799. The first-order valence-electron chi connectivity index (χ1n) is 4.55. The average Bonchev–Trinajstić information content (AvgIpc) is 2.09. The van der Waals surface area contributed by atoms with E-state index in [1.54, 1.807) is 0 Å². The molecule has 4 heteroatoms. The van der Waals surface area contributed by atoms with Crippen molar-refractivity contribution in [3.63, 3.8) is 0 Å². The summed E-state index contributed by atoms with van der Waals surface area (Å²) in [5.41, 5.74) is 0. The summed E-state index contributed by atoms with van der Waals surface area (Å²) in [6.45, 7) is 4.07. The minimum Gasteiger partial charge on any atom is -0.396 e. The van der Waals surface area contributed by atoms with E-state index in [4.69, 9.17) is 10.2 Å². The summed E-state index contributed by atoms with van der Waals surface area (Å²) >= 11 is 0. The molecule has 1 heterocycles. The Morgan fingerprint density at radius 2 is 2.17 bits per heavy atom. The predicted molar refractivity (Wildman–Crippen MR) is 47.0 cm³/mol. The molecule has 1 unspecified atom stereocenters. The summed E-state index contributed by atoms with van der Waals surface area (Å²) in [7, 11) is 0. The molecule has 0 saturated carbocycles. The van der Waals surface area contributed by atoms with Crippen molar-refractivity contribution in [2.24, 2.45) is 0 Å². The fourth-order valence-corrected chi connectivity index (χ4v) is 1.66. The molecule has 1 fully saturated rings. The second kappa shape index (κ2) is 5.48. The first-order chi connectivity index (χ1) is 5.88. The summed E-state index contributed by atoms with van der Waals surface area (Å²) in [5, 5.41) is 20.8. The van der Waals surface area contributed by atoms with E-state index in [9.17, 15) is 0 Å². The van der Waals surface area contributed by atoms with Crippen molar-refractivity contribution in [3.8, 4) is 0 Å². The van der Waals surface area contributed by atoms with Gasteiger partial charge in [-0.25, -0.2) is 0 Å². The van der Waals surface area contributed by atoms with Crippen LogP contribution in [-0.2, 0) is 0 Å². The van der Waals surface area contributed by atoms with E-state index >= 15 is 0 Å². The van der Waals surface area contributed by atoms with Crippen molar-refractivity contribution >= 4 is 0 Å². The zero-order chi connectivity index (χ0) is 8.81. The van der Waals surface area contributed by atoms with Gasteiger partial charge in [-0.2, -0.15) is 0 Å². The molecule has 0 spiro atoms. The van der Waals surface area contributed by atoms with E-state index in [2.05, 4.69) is 10.2 Å². The lowest BCUT2D eigenvalue weighted by Gasteiger charge is -2.35. The maximum absolute atomic E-state index is 8.79. The van der Waals surface area contributed by atoms with Gasteiger partial charge in [-0.1, -0.05) is 0 Å². The van der Waals surface area contributed by atoms with Gasteiger partial charge in [0.2, 0.25) is 0 Å². The Kier molecular flexibility index (Phi) is 4.53. The van der Waals surface area contributed by atoms with Crippen molar-refractivity contribution in [1.82, 2.24) is 10.2 Å². The van der Waals surface area contributed by atoms with Crippen LogP contribution in [0.1, 0.15) is 6.42 Å². The van der Waals surface area contributed by atoms with Crippen molar-refractivity contribution in [2.45, 2.75) is 12.5 Å². The van der Waals surface area contributed by atoms with Crippen LogP contribution in [0, 0.1) is 0 Å². The Morgan fingerprint density at radius 3 is 2.83 bits per heavy atom. The van der Waals surface area contributed by atoms with Crippen LogP contribution in [0.3, 0.4) is 0 Å². The van der Waals surface area contributed by atoms with Crippen LogP contribution in [0.4, 0.5) is 0 Å². The van der Waals surface area contributed by atoms with Crippen LogP contribution in [-0.4, -0.2) is 60.5 Å². The van der Waals surface area contributed by atoms with Gasteiger partial charge in [0.25, 0.3) is 0 Å². The molecule has 3 N–H and O–H groups in total. The minimum atomic E-state index is 0.210. The molecular formula is C8H18N2O2. The van der Waals surface area contributed by atoms with Gasteiger partial charge in [0.05, 0.1) is 6.61 Å². The van der Waals surface area contributed by atoms with Crippen LogP contribution < -0.4 is 5.32 Å². The number of nitrogens with zero attached hydrogens (tertiary/aromatic N) is 1. The van der Waals surface area contributed by atoms with E-state index in [1.807, 2.05) is 0 Å². The van der Waals surface area contributed by atoms with E-state index in [0.29, 0.717) is 6.04 Å². The largest absolute Gasteiger partial charge is 0.396 e. The van der Waals surface area contributed by atoms with E-state index in [0.717, 1.165) is 32.6 Å². The number of piperazine rings is 1. The Balaban J connectivity index is 2.31. The molecule has 1 atom stereocenters. The Labute approximate surface area is 73.2 Å². The van der Waals surface area contributed by atoms with Crippen molar-refractivity contribution < 1.29 is 10.2 Å². The molecule has 0 aromatic rings. The van der Waals surface area contributed by atoms with E-state index in [1.165, 1.54) is 0 Å². The zero-order valence-electron chi connectivity index (χ0n) is 7.37. The summed E-state index contributed by atoms with van der Waals surface area (Å²) in [5.74, 6) is 0. The van der Waals surface area contributed by atoms with Crippen molar-refractivity contribution in [3.05, 3.63) is 0 Å². The monoisotopic (exact) mass is 174 g/mol. The number of nitrogens with one attached hydrogen (secondary N) is 1. The maximum Gasteiger partial charge on any atom is 0.0558 e. The lowest BCUT2D eigenvalue weighted by atomic mass is 10.1. The molecule has 1 aliphatic rings. The fourth-order valence-electron chi connectivity index (χ4n) is 1.66. The molecule has 0 aliphatic carbocycles. The SMILES string of the molecule is OCCC1CNCCN1CCO. The summed E-state index contributed by atoms with van der Waals surface area (Å²) in [6, 6.07) is 0.399. The smallest absolute Gasteiger partial charge is 0.0558 e. The Hall–Kier alpha value is -0.160. The molecule has 1 aliphatic heterocycles. The zero-order valence-corrected chi connectivity index (χ0v) is 7.37. The normalized spacial score (nSPS) is 26.0. The van der Waals surface area contributed by atoms with E-state index in [-0.39, 0.29) is 13.2 Å². The van der Waals surface area contributed by atoms with Gasteiger partial charge in [-0.3, -0.25) is 4.90 Å². The van der Waals surface area contributed by atoms with Crippen LogP contribution in [0.5, 0.6) is 0 Å². The minimum absolute atomic E-state index is 0.210. The highest BCUT2D eigenvalue weighted by molar-refractivity contribution is 4.78. The standard InChI is InChI=1S/C8H18N2O2/c11-5-1-8-7-9-2-3-10(8)4-6-12/h8-9,11-12H,1-7H2. The molecular weight excluding hydrogens is 156 g/mol. The van der Waals surface area contributed by atoms with Gasteiger partial charge in [0, 0.05) is 38.8 Å². The molecule has 0 bridgehead atoms. The molecule has 72 valence electrons. The molecule has 0 aromatic heterocycles. The highest BCUT2D eigenvalue weighted by Crippen LogP contribution is 2.05. The van der Waals surface area contributed by atoms with Gasteiger partial charge in [0.1, 0.15) is 0 Å². The van der Waals surface area contributed by atoms with Crippen LogP contribution in [0.15, 0.2) is 0 Å². The Morgan fingerprint density at radius 1 is 1.33 bits per heavy atom. The van der Waals surface area contributed by atoms with Crippen LogP contribution >= 0.6 is 0 Å². The summed E-state index contributed by atoms with van der Waals surface area (Å²) in [4.78, 5) is 2.23. The Bertz CT molecular complexity index is 104. The van der Waals surface area contributed by atoms with Gasteiger partial charge >= 0.3 is 0 Å². The molecule has 12 heavy (non-hydrogen) atoms. The number of hydrogen-bond acceptors (Lipinski definition) is 4.